The van der Waals surface area contributed by atoms with Crippen molar-refractivity contribution in [3.8, 4) is 5.75 Å². The first-order valence-electron chi connectivity index (χ1n) is 10.0. The van der Waals surface area contributed by atoms with Crippen LogP contribution in [0.2, 0.25) is 0 Å². The third-order valence-electron chi connectivity index (χ3n) is 4.81. The third kappa shape index (κ3) is 5.50. The SMILES string of the molecule is CCCCN(c1ccnc(Nc2ccc(S(=O)(=O)NC)cc2)n1)c1ccc(O)cc1C. The van der Waals surface area contributed by atoms with E-state index in [2.05, 4.69) is 31.8 Å². The van der Waals surface area contributed by atoms with Crippen LogP contribution in [-0.2, 0) is 10.0 Å². The van der Waals surface area contributed by atoms with Gasteiger partial charge in [0.05, 0.1) is 4.90 Å². The molecule has 1 aromatic heterocycles. The monoisotopic (exact) mass is 441 g/mol. The number of aromatic hydroxyl groups is 1. The minimum Gasteiger partial charge on any atom is -0.508 e. The molecule has 2 aromatic carbocycles. The van der Waals surface area contributed by atoms with Gasteiger partial charge in [0.2, 0.25) is 16.0 Å². The number of phenolic OH excluding ortho intramolecular Hbond substituents is 1. The number of hydrogen-bond donors (Lipinski definition) is 3. The van der Waals surface area contributed by atoms with Gasteiger partial charge in [-0.15, -0.1) is 0 Å². The number of unbranched alkanes of at least 4 members (excludes halogenated alkanes) is 1. The molecule has 1 heterocycles. The number of hydrogen-bond acceptors (Lipinski definition) is 7. The van der Waals surface area contributed by atoms with Crippen LogP contribution >= 0.6 is 0 Å². The molecule has 0 fully saturated rings. The average Bonchev–Trinajstić information content (AvgIpc) is 2.76. The Bertz CT molecular complexity index is 1130. The second-order valence-corrected chi connectivity index (χ2v) is 8.96. The van der Waals surface area contributed by atoms with Gasteiger partial charge in [0, 0.05) is 24.1 Å². The van der Waals surface area contributed by atoms with E-state index in [-0.39, 0.29) is 10.6 Å². The van der Waals surface area contributed by atoms with Gasteiger partial charge in [0.1, 0.15) is 11.6 Å². The van der Waals surface area contributed by atoms with E-state index in [4.69, 9.17) is 0 Å². The van der Waals surface area contributed by atoms with Gasteiger partial charge in [-0.1, -0.05) is 13.3 Å². The molecule has 0 saturated heterocycles. The maximum Gasteiger partial charge on any atom is 0.240 e. The van der Waals surface area contributed by atoms with Crippen molar-refractivity contribution in [1.82, 2.24) is 14.7 Å². The smallest absolute Gasteiger partial charge is 0.240 e. The molecule has 8 nitrogen and oxygen atoms in total. The van der Waals surface area contributed by atoms with E-state index < -0.39 is 10.0 Å². The lowest BCUT2D eigenvalue weighted by atomic mass is 10.1. The number of anilines is 4. The Morgan fingerprint density at radius 3 is 2.48 bits per heavy atom. The number of benzene rings is 2. The van der Waals surface area contributed by atoms with Crippen molar-refractivity contribution in [3.05, 3.63) is 60.3 Å². The van der Waals surface area contributed by atoms with Crippen LogP contribution in [0.3, 0.4) is 0 Å². The van der Waals surface area contributed by atoms with E-state index in [0.29, 0.717) is 11.6 Å². The van der Waals surface area contributed by atoms with Crippen molar-refractivity contribution in [2.24, 2.45) is 0 Å². The third-order valence-corrected chi connectivity index (χ3v) is 6.24. The van der Waals surface area contributed by atoms with Crippen LogP contribution in [-0.4, -0.2) is 37.1 Å². The van der Waals surface area contributed by atoms with Crippen LogP contribution in [0.15, 0.2) is 59.6 Å². The molecule has 31 heavy (non-hydrogen) atoms. The number of aromatic nitrogens is 2. The van der Waals surface area contributed by atoms with Gasteiger partial charge in [-0.25, -0.2) is 18.1 Å². The van der Waals surface area contributed by atoms with E-state index in [1.807, 2.05) is 19.1 Å². The second-order valence-electron chi connectivity index (χ2n) is 7.07. The summed E-state index contributed by atoms with van der Waals surface area (Å²) in [5.41, 5.74) is 2.59. The predicted octanol–water partition coefficient (Wildman–Crippen LogP) is 4.08. The predicted molar refractivity (Wildman–Crippen MR) is 123 cm³/mol. The molecule has 164 valence electrons. The summed E-state index contributed by atoms with van der Waals surface area (Å²) in [6.07, 6.45) is 3.69. The standard InChI is InChI=1S/C22H27N5O3S/c1-4-5-14-27(20-11-8-18(28)15-16(20)2)21-12-13-24-22(26-21)25-17-6-9-19(10-7-17)31(29,30)23-3/h6-13,15,23,28H,4-5,14H2,1-3H3,(H,24,25,26). The van der Waals surface area contributed by atoms with Crippen LogP contribution in [0.25, 0.3) is 0 Å². The van der Waals surface area contributed by atoms with Crippen molar-refractivity contribution in [2.75, 3.05) is 23.8 Å². The fourth-order valence-corrected chi connectivity index (χ4v) is 3.87. The lowest BCUT2D eigenvalue weighted by Gasteiger charge is -2.26. The number of aryl methyl sites for hydroxylation is 1. The number of phenols is 1. The molecule has 0 saturated carbocycles. The molecular weight excluding hydrogens is 414 g/mol. The molecule has 0 aliphatic rings. The Balaban J connectivity index is 1.87. The van der Waals surface area contributed by atoms with Gasteiger partial charge in [-0.05, 0) is 74.5 Å². The van der Waals surface area contributed by atoms with Crippen molar-refractivity contribution in [1.29, 1.82) is 0 Å². The number of nitrogens with one attached hydrogen (secondary N) is 2. The minimum atomic E-state index is -3.49. The molecule has 0 unspecified atom stereocenters. The highest BCUT2D eigenvalue weighted by atomic mass is 32.2. The van der Waals surface area contributed by atoms with E-state index >= 15 is 0 Å². The van der Waals surface area contributed by atoms with Crippen molar-refractivity contribution in [2.45, 2.75) is 31.6 Å². The van der Waals surface area contributed by atoms with Crippen molar-refractivity contribution < 1.29 is 13.5 Å². The molecule has 0 radical (unpaired) electrons. The molecule has 0 bridgehead atoms. The fourth-order valence-electron chi connectivity index (χ4n) is 3.14. The van der Waals surface area contributed by atoms with Gasteiger partial charge in [0.25, 0.3) is 0 Å². The quantitative estimate of drug-likeness (QED) is 0.459. The number of rotatable bonds is 9. The topological polar surface area (TPSA) is 107 Å². The summed E-state index contributed by atoms with van der Waals surface area (Å²) in [6.45, 7) is 4.86. The van der Waals surface area contributed by atoms with Crippen molar-refractivity contribution >= 4 is 33.2 Å². The summed E-state index contributed by atoms with van der Waals surface area (Å²) in [6, 6.07) is 13.5. The number of nitrogens with zero attached hydrogens (tertiary/aromatic N) is 3. The lowest BCUT2D eigenvalue weighted by Crippen LogP contribution is -2.21. The van der Waals surface area contributed by atoms with Crippen LogP contribution in [0, 0.1) is 6.92 Å². The van der Waals surface area contributed by atoms with E-state index in [1.54, 1.807) is 30.5 Å². The van der Waals surface area contributed by atoms with Gasteiger partial charge in [-0.2, -0.15) is 4.98 Å². The molecule has 3 rings (SSSR count). The highest BCUT2D eigenvalue weighted by molar-refractivity contribution is 7.89. The largest absolute Gasteiger partial charge is 0.508 e. The molecule has 0 aliphatic heterocycles. The number of sulfonamides is 1. The van der Waals surface area contributed by atoms with Crippen molar-refractivity contribution in [3.63, 3.8) is 0 Å². The normalized spacial score (nSPS) is 11.3. The Morgan fingerprint density at radius 1 is 1.10 bits per heavy atom. The fraction of sp³-hybridized carbons (Fsp3) is 0.273. The molecule has 0 atom stereocenters. The first kappa shape index (κ1) is 22.5. The molecule has 3 aromatic rings. The summed E-state index contributed by atoms with van der Waals surface area (Å²) < 4.78 is 26.1. The molecule has 9 heteroatoms. The summed E-state index contributed by atoms with van der Waals surface area (Å²) in [7, 11) is -2.11. The second kappa shape index (κ2) is 9.76. The molecular formula is C22H27N5O3S. The van der Waals surface area contributed by atoms with Gasteiger partial charge >= 0.3 is 0 Å². The Labute approximate surface area is 183 Å². The van der Waals surface area contributed by atoms with E-state index in [9.17, 15) is 13.5 Å². The van der Waals surface area contributed by atoms with E-state index in [0.717, 1.165) is 36.5 Å². The highest BCUT2D eigenvalue weighted by Crippen LogP contribution is 2.30. The summed E-state index contributed by atoms with van der Waals surface area (Å²) in [5, 5.41) is 12.9. The molecule has 0 spiro atoms. The lowest BCUT2D eigenvalue weighted by molar-refractivity contribution is 0.475. The van der Waals surface area contributed by atoms with Gasteiger partial charge in [-0.3, -0.25) is 0 Å². The molecule has 0 amide bonds. The van der Waals surface area contributed by atoms with Gasteiger partial charge < -0.3 is 15.3 Å². The van der Waals surface area contributed by atoms with Crippen LogP contribution in [0.5, 0.6) is 5.75 Å². The molecule has 0 aliphatic carbocycles. The molecule has 3 N–H and O–H groups in total. The summed E-state index contributed by atoms with van der Waals surface area (Å²) >= 11 is 0. The Hall–Kier alpha value is -3.17. The highest BCUT2D eigenvalue weighted by Gasteiger charge is 2.15. The zero-order valence-corrected chi connectivity index (χ0v) is 18.6. The van der Waals surface area contributed by atoms with Crippen LogP contribution in [0.1, 0.15) is 25.3 Å². The van der Waals surface area contributed by atoms with Gasteiger partial charge in [0.15, 0.2) is 0 Å². The summed E-state index contributed by atoms with van der Waals surface area (Å²) in [5.74, 6) is 1.36. The van der Waals surface area contributed by atoms with Crippen LogP contribution < -0.4 is 14.9 Å². The van der Waals surface area contributed by atoms with E-state index in [1.165, 1.54) is 19.2 Å². The zero-order valence-electron chi connectivity index (χ0n) is 17.8. The summed E-state index contributed by atoms with van der Waals surface area (Å²) in [4.78, 5) is 11.2. The Kier molecular flexibility index (Phi) is 7.09. The van der Waals surface area contributed by atoms with Crippen LogP contribution in [0.4, 0.5) is 23.1 Å². The maximum atomic E-state index is 11.9. The first-order valence-corrected chi connectivity index (χ1v) is 11.5. The average molecular weight is 442 g/mol. The first-order chi connectivity index (χ1) is 14.8. The minimum absolute atomic E-state index is 0.184. The zero-order chi connectivity index (χ0) is 22.4. The Morgan fingerprint density at radius 2 is 1.84 bits per heavy atom. The maximum absolute atomic E-state index is 11.9.